The average molecular weight is 279 g/mol. The van der Waals surface area contributed by atoms with Gasteiger partial charge >= 0.3 is 0 Å². The molecule has 0 atom stereocenters. The van der Waals surface area contributed by atoms with E-state index in [0.717, 1.165) is 4.47 Å². The van der Waals surface area contributed by atoms with E-state index in [9.17, 15) is 0 Å². The van der Waals surface area contributed by atoms with E-state index >= 15 is 0 Å². The molecule has 0 aliphatic carbocycles. The van der Waals surface area contributed by atoms with Gasteiger partial charge in [-0.2, -0.15) is 0 Å². The lowest BCUT2D eigenvalue weighted by Crippen LogP contribution is -1.90. The maximum atomic E-state index is 5.66. The molecule has 4 heteroatoms. The van der Waals surface area contributed by atoms with Crippen molar-refractivity contribution < 1.29 is 4.74 Å². The molecule has 0 saturated carbocycles. The first-order valence-corrected chi connectivity index (χ1v) is 5.53. The highest BCUT2D eigenvalue weighted by Gasteiger charge is 2.03. The zero-order valence-corrected chi connectivity index (χ0v) is 10.1. The third kappa shape index (κ3) is 2.46. The second kappa shape index (κ2) is 4.45. The predicted octanol–water partition coefficient (Wildman–Crippen LogP) is 3.41. The van der Waals surface area contributed by atoms with Crippen molar-refractivity contribution >= 4 is 27.3 Å². The molecule has 0 aliphatic heterocycles. The minimum atomic E-state index is 0.670. The van der Waals surface area contributed by atoms with Crippen LogP contribution in [-0.2, 0) is 0 Å². The summed E-state index contributed by atoms with van der Waals surface area (Å²) in [7, 11) is 0. The third-order valence-electron chi connectivity index (χ3n) is 2.04. The Morgan fingerprint density at radius 2 is 1.69 bits per heavy atom. The summed E-state index contributed by atoms with van der Waals surface area (Å²) in [6.07, 6.45) is 0. The zero-order valence-electron chi connectivity index (χ0n) is 8.48. The molecule has 82 valence electrons. The molecule has 0 bridgehead atoms. The molecule has 0 radical (unpaired) electrons. The van der Waals surface area contributed by atoms with Gasteiger partial charge in [-0.05, 0) is 46.3 Å². The number of halogens is 1. The lowest BCUT2D eigenvalue weighted by atomic mass is 10.3. The van der Waals surface area contributed by atoms with Crippen LogP contribution in [0.1, 0.15) is 0 Å². The molecule has 0 aromatic heterocycles. The van der Waals surface area contributed by atoms with Crippen molar-refractivity contribution in [2.24, 2.45) is 0 Å². The number of anilines is 2. The van der Waals surface area contributed by atoms with Crippen LogP contribution in [0, 0.1) is 0 Å². The molecule has 0 spiro atoms. The smallest absolute Gasteiger partial charge is 0.141 e. The monoisotopic (exact) mass is 278 g/mol. The lowest BCUT2D eigenvalue weighted by Gasteiger charge is -2.08. The van der Waals surface area contributed by atoms with E-state index in [0.29, 0.717) is 22.9 Å². The fourth-order valence-electron chi connectivity index (χ4n) is 1.30. The van der Waals surface area contributed by atoms with Crippen LogP contribution in [0.25, 0.3) is 0 Å². The third-order valence-corrected chi connectivity index (χ3v) is 2.66. The van der Waals surface area contributed by atoms with Crippen LogP contribution in [0.3, 0.4) is 0 Å². The van der Waals surface area contributed by atoms with Gasteiger partial charge in [-0.25, -0.2) is 0 Å². The van der Waals surface area contributed by atoms with Crippen molar-refractivity contribution in [2.75, 3.05) is 11.5 Å². The van der Waals surface area contributed by atoms with Gasteiger partial charge in [0.15, 0.2) is 0 Å². The van der Waals surface area contributed by atoms with Gasteiger partial charge in [0, 0.05) is 17.4 Å². The molecular weight excluding hydrogens is 268 g/mol. The molecule has 2 aromatic rings. The zero-order chi connectivity index (χ0) is 11.5. The number of nitrogen functional groups attached to an aromatic ring is 2. The fourth-order valence-corrected chi connectivity index (χ4v) is 1.78. The molecule has 2 rings (SSSR count). The van der Waals surface area contributed by atoms with Crippen LogP contribution in [0.5, 0.6) is 11.5 Å². The predicted molar refractivity (Wildman–Crippen MR) is 69.5 cm³/mol. The largest absolute Gasteiger partial charge is 0.456 e. The summed E-state index contributed by atoms with van der Waals surface area (Å²) in [5, 5.41) is 0. The van der Waals surface area contributed by atoms with Crippen LogP contribution in [0.15, 0.2) is 46.9 Å². The summed E-state index contributed by atoms with van der Waals surface area (Å²) in [6.45, 7) is 0. The molecule has 0 aliphatic rings. The topological polar surface area (TPSA) is 61.3 Å². The summed E-state index contributed by atoms with van der Waals surface area (Å²) < 4.78 is 6.48. The van der Waals surface area contributed by atoms with Gasteiger partial charge in [-0.15, -0.1) is 0 Å². The lowest BCUT2D eigenvalue weighted by molar-refractivity contribution is 0.480. The van der Waals surface area contributed by atoms with Gasteiger partial charge in [-0.3, -0.25) is 0 Å². The van der Waals surface area contributed by atoms with Gasteiger partial charge in [0.25, 0.3) is 0 Å². The maximum absolute atomic E-state index is 5.66. The van der Waals surface area contributed by atoms with Gasteiger partial charge in [0.2, 0.25) is 0 Å². The Bertz CT molecular complexity index is 514. The Morgan fingerprint density at radius 3 is 2.38 bits per heavy atom. The highest BCUT2D eigenvalue weighted by Crippen LogP contribution is 2.31. The van der Waals surface area contributed by atoms with Gasteiger partial charge in [-0.1, -0.05) is 6.07 Å². The molecule has 2 aromatic carbocycles. The summed E-state index contributed by atoms with van der Waals surface area (Å²) in [5.41, 5.74) is 12.7. The first-order chi connectivity index (χ1) is 7.65. The number of nitrogens with two attached hydrogens (primary N) is 2. The Morgan fingerprint density at radius 1 is 0.938 bits per heavy atom. The Balaban J connectivity index is 2.27. The number of ether oxygens (including phenoxy) is 1. The normalized spacial score (nSPS) is 10.1. The van der Waals surface area contributed by atoms with E-state index in [1.54, 1.807) is 18.2 Å². The second-order valence-corrected chi connectivity index (χ2v) is 4.22. The SMILES string of the molecule is Nc1cccc(Oc2ccc(N)cc2Br)c1. The minimum absolute atomic E-state index is 0.670. The molecule has 0 unspecified atom stereocenters. The van der Waals surface area contributed by atoms with Crippen molar-refractivity contribution in [3.05, 3.63) is 46.9 Å². The second-order valence-electron chi connectivity index (χ2n) is 3.36. The molecule has 0 fully saturated rings. The minimum Gasteiger partial charge on any atom is -0.456 e. The van der Waals surface area contributed by atoms with E-state index < -0.39 is 0 Å². The van der Waals surface area contributed by atoms with Crippen LogP contribution in [0.4, 0.5) is 11.4 Å². The van der Waals surface area contributed by atoms with Crippen LogP contribution in [-0.4, -0.2) is 0 Å². The number of benzene rings is 2. The van der Waals surface area contributed by atoms with Gasteiger partial charge in [0.05, 0.1) is 4.47 Å². The highest BCUT2D eigenvalue weighted by atomic mass is 79.9. The van der Waals surface area contributed by atoms with Crippen molar-refractivity contribution in [3.63, 3.8) is 0 Å². The van der Waals surface area contributed by atoms with Crippen molar-refractivity contribution in [3.8, 4) is 11.5 Å². The van der Waals surface area contributed by atoms with E-state index in [1.165, 1.54) is 0 Å². The van der Waals surface area contributed by atoms with E-state index in [-0.39, 0.29) is 0 Å². The van der Waals surface area contributed by atoms with Crippen molar-refractivity contribution in [1.82, 2.24) is 0 Å². The van der Waals surface area contributed by atoms with Gasteiger partial charge in [0.1, 0.15) is 11.5 Å². The molecular formula is C12H11BrN2O. The number of hydrogen-bond acceptors (Lipinski definition) is 3. The summed E-state index contributed by atoms with van der Waals surface area (Å²) in [4.78, 5) is 0. The van der Waals surface area contributed by atoms with Crippen LogP contribution < -0.4 is 16.2 Å². The van der Waals surface area contributed by atoms with Gasteiger partial charge < -0.3 is 16.2 Å². The summed E-state index contributed by atoms with van der Waals surface area (Å²) in [5.74, 6) is 1.41. The molecule has 0 heterocycles. The molecule has 4 N–H and O–H groups in total. The Labute approximate surface area is 102 Å². The molecule has 0 amide bonds. The quantitative estimate of drug-likeness (QED) is 0.828. The standard InChI is InChI=1S/C12H11BrN2O/c13-11-7-9(15)4-5-12(11)16-10-3-1-2-8(14)6-10/h1-7H,14-15H2. The maximum Gasteiger partial charge on any atom is 0.141 e. The average Bonchev–Trinajstić information content (AvgIpc) is 2.22. The fraction of sp³-hybridized carbons (Fsp3) is 0. The summed E-state index contributed by atoms with van der Waals surface area (Å²) in [6, 6.07) is 12.7. The summed E-state index contributed by atoms with van der Waals surface area (Å²) >= 11 is 3.39. The van der Waals surface area contributed by atoms with Crippen LogP contribution in [0.2, 0.25) is 0 Å². The molecule has 3 nitrogen and oxygen atoms in total. The van der Waals surface area contributed by atoms with Crippen LogP contribution >= 0.6 is 15.9 Å². The van der Waals surface area contributed by atoms with E-state index in [1.807, 2.05) is 24.3 Å². The first-order valence-electron chi connectivity index (χ1n) is 4.73. The first kappa shape index (κ1) is 10.8. The molecule has 16 heavy (non-hydrogen) atoms. The van der Waals surface area contributed by atoms with Crippen molar-refractivity contribution in [2.45, 2.75) is 0 Å². The number of rotatable bonds is 2. The number of hydrogen-bond donors (Lipinski definition) is 2. The highest BCUT2D eigenvalue weighted by molar-refractivity contribution is 9.10. The van der Waals surface area contributed by atoms with Crippen molar-refractivity contribution in [1.29, 1.82) is 0 Å². The Hall–Kier alpha value is -1.68. The Kier molecular flexibility index (Phi) is 3.01. The van der Waals surface area contributed by atoms with E-state index in [2.05, 4.69) is 15.9 Å². The molecule has 0 saturated heterocycles. The van der Waals surface area contributed by atoms with E-state index in [4.69, 9.17) is 16.2 Å².